The minimum Gasteiger partial charge on any atom is -0.481 e. The number of carboxylic acids is 1. The number of aliphatic carboxylic acids is 1. The lowest BCUT2D eigenvalue weighted by atomic mass is 10.1. The molecule has 1 aromatic rings. The van der Waals surface area contributed by atoms with E-state index in [0.717, 1.165) is 0 Å². The molecule has 1 saturated heterocycles. The van der Waals surface area contributed by atoms with Gasteiger partial charge < -0.3 is 15.3 Å². The van der Waals surface area contributed by atoms with Crippen molar-refractivity contribution in [1.82, 2.24) is 5.32 Å². The number of anilines is 1. The number of rotatable bonds is 3. The molecule has 0 saturated carbocycles. The van der Waals surface area contributed by atoms with Crippen LogP contribution in [0.4, 0.5) is 5.69 Å². The predicted molar refractivity (Wildman–Crippen MR) is 72.6 cm³/mol. The van der Waals surface area contributed by atoms with Gasteiger partial charge in [0.05, 0.1) is 28.8 Å². The Balaban J connectivity index is 2.35. The van der Waals surface area contributed by atoms with E-state index in [9.17, 15) is 9.59 Å². The molecule has 0 radical (unpaired) electrons. The van der Waals surface area contributed by atoms with Crippen molar-refractivity contribution in [2.24, 2.45) is 0 Å². The summed E-state index contributed by atoms with van der Waals surface area (Å²) in [5, 5.41) is 20.7. The molecule has 1 unspecified atom stereocenters. The molecule has 1 heterocycles. The van der Waals surface area contributed by atoms with Gasteiger partial charge in [-0.25, -0.2) is 0 Å². The number of carboxylic acid groups (broad SMARTS) is 1. The average molecular weight is 294 g/mol. The lowest BCUT2D eigenvalue weighted by Gasteiger charge is -2.36. The number of nitrogens with zero attached hydrogens (tertiary/aromatic N) is 2. The Morgan fingerprint density at radius 1 is 1.60 bits per heavy atom. The Bertz CT molecular complexity index is 597. The second-order valence-electron chi connectivity index (χ2n) is 4.38. The van der Waals surface area contributed by atoms with Gasteiger partial charge in [0.2, 0.25) is 5.91 Å². The Hall–Kier alpha value is -2.26. The average Bonchev–Trinajstić information content (AvgIpc) is 2.41. The zero-order valence-electron chi connectivity index (χ0n) is 10.5. The topological polar surface area (TPSA) is 93.4 Å². The molecule has 0 aromatic heterocycles. The van der Waals surface area contributed by atoms with Gasteiger partial charge >= 0.3 is 5.97 Å². The number of halogens is 1. The van der Waals surface area contributed by atoms with E-state index in [-0.39, 0.29) is 12.3 Å². The number of benzene rings is 1. The SMILES string of the molecule is N#Cc1ccc(N2CCNC(=O)C2CC(=O)O)c(Cl)c1. The summed E-state index contributed by atoms with van der Waals surface area (Å²) in [7, 11) is 0. The van der Waals surface area contributed by atoms with Crippen molar-refractivity contribution in [3.8, 4) is 6.07 Å². The summed E-state index contributed by atoms with van der Waals surface area (Å²) in [6.07, 6.45) is -0.303. The van der Waals surface area contributed by atoms with Gasteiger partial charge in [-0.2, -0.15) is 5.26 Å². The van der Waals surface area contributed by atoms with Crippen LogP contribution in [0.2, 0.25) is 5.02 Å². The van der Waals surface area contributed by atoms with Gasteiger partial charge in [0, 0.05) is 13.1 Å². The van der Waals surface area contributed by atoms with Crippen LogP contribution in [0.25, 0.3) is 0 Å². The van der Waals surface area contributed by atoms with Crippen molar-refractivity contribution in [3.05, 3.63) is 28.8 Å². The minimum absolute atomic E-state index is 0.303. The van der Waals surface area contributed by atoms with Crippen LogP contribution < -0.4 is 10.2 Å². The van der Waals surface area contributed by atoms with Crippen molar-refractivity contribution in [2.45, 2.75) is 12.5 Å². The van der Waals surface area contributed by atoms with Crippen molar-refractivity contribution in [3.63, 3.8) is 0 Å². The third kappa shape index (κ3) is 2.83. The summed E-state index contributed by atoms with van der Waals surface area (Å²) in [4.78, 5) is 24.4. The normalized spacial score (nSPS) is 18.3. The Labute approximate surface area is 120 Å². The number of hydrogen-bond acceptors (Lipinski definition) is 4. The Morgan fingerprint density at radius 2 is 2.35 bits per heavy atom. The van der Waals surface area contributed by atoms with Gasteiger partial charge in [0.1, 0.15) is 6.04 Å². The molecule has 1 aliphatic rings. The van der Waals surface area contributed by atoms with Crippen LogP contribution in [0, 0.1) is 11.3 Å². The van der Waals surface area contributed by atoms with Crippen molar-refractivity contribution in [2.75, 3.05) is 18.0 Å². The zero-order valence-corrected chi connectivity index (χ0v) is 11.2. The first kappa shape index (κ1) is 14.2. The highest BCUT2D eigenvalue weighted by atomic mass is 35.5. The number of piperazine rings is 1. The quantitative estimate of drug-likeness (QED) is 0.867. The van der Waals surface area contributed by atoms with Gasteiger partial charge in [-0.05, 0) is 18.2 Å². The summed E-state index contributed by atoms with van der Waals surface area (Å²) >= 11 is 6.12. The maximum atomic E-state index is 11.8. The Morgan fingerprint density at radius 3 is 2.95 bits per heavy atom. The number of nitrogens with one attached hydrogen (secondary N) is 1. The fourth-order valence-corrected chi connectivity index (χ4v) is 2.47. The van der Waals surface area contributed by atoms with Crippen LogP contribution in [0.3, 0.4) is 0 Å². The second kappa shape index (κ2) is 5.80. The summed E-state index contributed by atoms with van der Waals surface area (Å²) in [5.74, 6) is -1.39. The molecule has 0 aliphatic carbocycles. The lowest BCUT2D eigenvalue weighted by Crippen LogP contribution is -2.56. The van der Waals surface area contributed by atoms with E-state index in [1.165, 1.54) is 6.07 Å². The van der Waals surface area contributed by atoms with Gasteiger partial charge in [0.15, 0.2) is 0 Å². The second-order valence-corrected chi connectivity index (χ2v) is 4.78. The molecule has 0 spiro atoms. The molecule has 2 rings (SSSR count). The predicted octanol–water partition coefficient (Wildman–Crippen LogP) is 0.991. The van der Waals surface area contributed by atoms with E-state index in [2.05, 4.69) is 5.32 Å². The minimum atomic E-state index is -1.05. The third-order valence-corrected chi connectivity index (χ3v) is 3.39. The van der Waals surface area contributed by atoms with Crippen LogP contribution in [-0.4, -0.2) is 36.1 Å². The summed E-state index contributed by atoms with van der Waals surface area (Å²) in [5.41, 5.74) is 0.974. The van der Waals surface area contributed by atoms with Crippen LogP contribution in [0.1, 0.15) is 12.0 Å². The summed E-state index contributed by atoms with van der Waals surface area (Å²) < 4.78 is 0. The number of carbonyl (C=O) groups excluding carboxylic acids is 1. The number of carbonyl (C=O) groups is 2. The lowest BCUT2D eigenvalue weighted by molar-refractivity contribution is -0.139. The monoisotopic (exact) mass is 293 g/mol. The van der Waals surface area contributed by atoms with Gasteiger partial charge in [0.25, 0.3) is 0 Å². The largest absolute Gasteiger partial charge is 0.481 e. The molecule has 104 valence electrons. The van der Waals surface area contributed by atoms with Crippen LogP contribution >= 0.6 is 11.6 Å². The third-order valence-electron chi connectivity index (χ3n) is 3.08. The molecule has 1 aliphatic heterocycles. The highest BCUT2D eigenvalue weighted by molar-refractivity contribution is 6.33. The van der Waals surface area contributed by atoms with Gasteiger partial charge in [-0.3, -0.25) is 9.59 Å². The number of amides is 1. The molecule has 2 N–H and O–H groups in total. The molecule has 1 atom stereocenters. The number of hydrogen-bond donors (Lipinski definition) is 2. The number of nitriles is 1. The van der Waals surface area contributed by atoms with E-state index in [4.69, 9.17) is 22.0 Å². The van der Waals surface area contributed by atoms with Crippen molar-refractivity contribution < 1.29 is 14.7 Å². The highest BCUT2D eigenvalue weighted by Crippen LogP contribution is 2.29. The van der Waals surface area contributed by atoms with E-state index in [1.54, 1.807) is 17.0 Å². The van der Waals surface area contributed by atoms with Crippen LogP contribution in [-0.2, 0) is 9.59 Å². The first-order chi connectivity index (χ1) is 9.52. The molecular weight excluding hydrogens is 282 g/mol. The van der Waals surface area contributed by atoms with Crippen molar-refractivity contribution in [1.29, 1.82) is 5.26 Å². The summed E-state index contributed by atoms with van der Waals surface area (Å²) in [6, 6.07) is 5.90. The van der Waals surface area contributed by atoms with Gasteiger partial charge in [-0.1, -0.05) is 11.6 Å². The van der Waals surface area contributed by atoms with E-state index in [0.29, 0.717) is 29.4 Å². The molecule has 7 heteroatoms. The Kier molecular flexibility index (Phi) is 4.11. The van der Waals surface area contributed by atoms with E-state index >= 15 is 0 Å². The van der Waals surface area contributed by atoms with Gasteiger partial charge in [-0.15, -0.1) is 0 Å². The molecule has 1 fully saturated rings. The van der Waals surface area contributed by atoms with Crippen LogP contribution in [0.5, 0.6) is 0 Å². The maximum Gasteiger partial charge on any atom is 0.305 e. The van der Waals surface area contributed by atoms with E-state index in [1.807, 2.05) is 6.07 Å². The molecule has 1 amide bonds. The molecule has 20 heavy (non-hydrogen) atoms. The van der Waals surface area contributed by atoms with Crippen LogP contribution in [0.15, 0.2) is 18.2 Å². The fourth-order valence-electron chi connectivity index (χ4n) is 2.18. The standard InChI is InChI=1S/C13H12ClN3O3/c14-9-5-8(7-15)1-2-10(9)17-4-3-16-13(20)11(17)6-12(18)19/h1-2,5,11H,3-4,6H2,(H,16,20)(H,18,19). The fraction of sp³-hybridized carbons (Fsp3) is 0.308. The first-order valence-electron chi connectivity index (χ1n) is 5.98. The molecule has 1 aromatic carbocycles. The van der Waals surface area contributed by atoms with Crippen molar-refractivity contribution >= 4 is 29.2 Å². The first-order valence-corrected chi connectivity index (χ1v) is 6.36. The smallest absolute Gasteiger partial charge is 0.305 e. The van der Waals surface area contributed by atoms with E-state index < -0.39 is 12.0 Å². The summed E-state index contributed by atoms with van der Waals surface area (Å²) in [6.45, 7) is 0.889. The zero-order chi connectivity index (χ0) is 14.7. The highest BCUT2D eigenvalue weighted by Gasteiger charge is 2.32. The molecular formula is C13H12ClN3O3. The molecule has 0 bridgehead atoms. The maximum absolute atomic E-state index is 11.8. The molecule has 6 nitrogen and oxygen atoms in total.